The number of carboxylic acid groups (broad SMARTS) is 1. The van der Waals surface area contributed by atoms with Crippen molar-refractivity contribution in [3.63, 3.8) is 0 Å². The quantitative estimate of drug-likeness (QED) is 0.177. The van der Waals surface area contributed by atoms with Gasteiger partial charge in [-0.1, -0.05) is 60.3 Å². The van der Waals surface area contributed by atoms with Crippen molar-refractivity contribution in [2.24, 2.45) is 0 Å². The van der Waals surface area contributed by atoms with Crippen LogP contribution in [-0.2, 0) is 5.54 Å². The molecule has 0 aliphatic heterocycles. The average molecular weight is 590 g/mol. The van der Waals surface area contributed by atoms with E-state index in [1.165, 1.54) is 23.9 Å². The van der Waals surface area contributed by atoms with Crippen LogP contribution in [0.5, 0.6) is 0 Å². The van der Waals surface area contributed by atoms with Gasteiger partial charge in [-0.15, -0.1) is 0 Å². The van der Waals surface area contributed by atoms with E-state index in [0.29, 0.717) is 11.3 Å². The molecule has 0 saturated heterocycles. The standard InChI is InChI=1S/C35H28FN3O3S/c1-21(2)39-20-31(43-28-14-12-27(37-3)13-15-28)32-29(18-24(19-30(32)39)22-6-10-26(36)11-7-22)33(40)38-35(16-17-35)25-8-4-23(5-9-25)34(41)42/h4-15,18-21H,16-17H2,1-2H3,(H,38,40)(H,41,42). The molecule has 6 nitrogen and oxygen atoms in total. The van der Waals surface area contributed by atoms with Gasteiger partial charge < -0.3 is 15.0 Å². The maximum Gasteiger partial charge on any atom is 0.335 e. The zero-order valence-corrected chi connectivity index (χ0v) is 24.4. The third-order valence-corrected chi connectivity index (χ3v) is 8.90. The smallest absolute Gasteiger partial charge is 0.335 e. The van der Waals surface area contributed by atoms with Crippen molar-refractivity contribution in [2.75, 3.05) is 0 Å². The lowest BCUT2D eigenvalue weighted by Gasteiger charge is -2.20. The predicted octanol–water partition coefficient (Wildman–Crippen LogP) is 8.85. The molecule has 1 aliphatic carbocycles. The number of nitrogens with one attached hydrogen (secondary N) is 1. The molecular formula is C35H28FN3O3S. The molecule has 0 bridgehead atoms. The van der Waals surface area contributed by atoms with Gasteiger partial charge in [0.15, 0.2) is 5.69 Å². The van der Waals surface area contributed by atoms with Crippen molar-refractivity contribution in [3.8, 4) is 11.1 Å². The molecule has 43 heavy (non-hydrogen) atoms. The fourth-order valence-electron chi connectivity index (χ4n) is 5.39. The number of carbonyl (C=O) groups is 2. The van der Waals surface area contributed by atoms with Crippen LogP contribution >= 0.6 is 11.8 Å². The molecule has 8 heteroatoms. The van der Waals surface area contributed by atoms with Crippen LogP contribution in [0.4, 0.5) is 10.1 Å². The minimum absolute atomic E-state index is 0.100. The van der Waals surface area contributed by atoms with Crippen LogP contribution in [0.3, 0.4) is 0 Å². The first kappa shape index (κ1) is 28.3. The van der Waals surface area contributed by atoms with Crippen LogP contribution in [0.25, 0.3) is 26.9 Å². The Morgan fingerprint density at radius 3 is 2.23 bits per heavy atom. The fourth-order valence-corrected chi connectivity index (χ4v) is 6.39. The first-order valence-corrected chi connectivity index (χ1v) is 14.8. The third kappa shape index (κ3) is 5.52. The summed E-state index contributed by atoms with van der Waals surface area (Å²) in [6.07, 6.45) is 3.55. The van der Waals surface area contributed by atoms with Crippen LogP contribution in [-0.4, -0.2) is 21.6 Å². The van der Waals surface area contributed by atoms with Crippen molar-refractivity contribution >= 4 is 40.2 Å². The second kappa shape index (κ2) is 11.1. The molecule has 214 valence electrons. The maximum absolute atomic E-state index is 14.3. The molecule has 2 N–H and O–H groups in total. The zero-order valence-electron chi connectivity index (χ0n) is 23.6. The van der Waals surface area contributed by atoms with Crippen molar-refractivity contribution in [1.82, 2.24) is 9.88 Å². The molecule has 1 saturated carbocycles. The van der Waals surface area contributed by atoms with Crippen LogP contribution in [0, 0.1) is 12.4 Å². The number of halogens is 1. The van der Waals surface area contributed by atoms with Crippen molar-refractivity contribution in [2.45, 2.75) is 48.1 Å². The van der Waals surface area contributed by atoms with E-state index in [1.807, 2.05) is 24.3 Å². The van der Waals surface area contributed by atoms with Gasteiger partial charge in [-0.3, -0.25) is 4.79 Å². The minimum atomic E-state index is -0.996. The summed E-state index contributed by atoms with van der Waals surface area (Å²) in [6.45, 7) is 11.4. The molecule has 0 atom stereocenters. The molecule has 6 rings (SSSR count). The summed E-state index contributed by atoms with van der Waals surface area (Å²) in [7, 11) is 0. The van der Waals surface area contributed by atoms with Gasteiger partial charge in [0.2, 0.25) is 0 Å². The number of amides is 1. The number of hydrogen-bond donors (Lipinski definition) is 2. The molecule has 0 unspecified atom stereocenters. The topological polar surface area (TPSA) is 75.7 Å². The number of aromatic nitrogens is 1. The highest BCUT2D eigenvalue weighted by Gasteiger charge is 2.46. The number of nitrogens with zero attached hydrogens (tertiary/aromatic N) is 2. The minimum Gasteiger partial charge on any atom is -0.478 e. The van der Waals surface area contributed by atoms with Gasteiger partial charge in [0.05, 0.1) is 28.8 Å². The Hall–Kier alpha value is -4.87. The summed E-state index contributed by atoms with van der Waals surface area (Å²) >= 11 is 1.54. The maximum atomic E-state index is 14.3. The number of hydrogen-bond acceptors (Lipinski definition) is 3. The van der Waals surface area contributed by atoms with Gasteiger partial charge in [0.1, 0.15) is 5.82 Å². The largest absolute Gasteiger partial charge is 0.478 e. The number of fused-ring (bicyclic) bond motifs is 1. The van der Waals surface area contributed by atoms with Crippen LogP contribution in [0.2, 0.25) is 0 Å². The Balaban J connectivity index is 1.48. The second-order valence-electron chi connectivity index (χ2n) is 11.0. The average Bonchev–Trinajstić information content (AvgIpc) is 3.70. The van der Waals surface area contributed by atoms with Gasteiger partial charge in [0, 0.05) is 27.4 Å². The van der Waals surface area contributed by atoms with Crippen molar-refractivity contribution in [1.29, 1.82) is 0 Å². The summed E-state index contributed by atoms with van der Waals surface area (Å²) in [5.41, 5.74) is 4.03. The lowest BCUT2D eigenvalue weighted by molar-refractivity contribution is 0.0696. The Morgan fingerprint density at radius 1 is 0.977 bits per heavy atom. The summed E-state index contributed by atoms with van der Waals surface area (Å²) in [5, 5.41) is 13.4. The number of aromatic carboxylic acids is 1. The Labute approximate surface area is 253 Å². The van der Waals surface area contributed by atoms with Gasteiger partial charge in [0.25, 0.3) is 5.91 Å². The van der Waals surface area contributed by atoms with E-state index in [2.05, 4.69) is 34.8 Å². The van der Waals surface area contributed by atoms with Gasteiger partial charge >= 0.3 is 5.97 Å². The van der Waals surface area contributed by atoms with Gasteiger partial charge in [-0.05, 0) is 79.8 Å². The van der Waals surface area contributed by atoms with E-state index in [1.54, 1.807) is 48.5 Å². The molecule has 1 amide bonds. The summed E-state index contributed by atoms with van der Waals surface area (Å²) in [6, 6.07) is 24.3. The molecule has 0 spiro atoms. The van der Waals surface area contributed by atoms with Crippen molar-refractivity contribution < 1.29 is 19.1 Å². The molecule has 1 aliphatic rings. The highest BCUT2D eigenvalue weighted by molar-refractivity contribution is 7.99. The zero-order chi connectivity index (χ0) is 30.3. The van der Waals surface area contributed by atoms with Gasteiger partial charge in [-0.2, -0.15) is 0 Å². The molecule has 1 aromatic heterocycles. The van der Waals surface area contributed by atoms with Gasteiger partial charge in [-0.25, -0.2) is 14.0 Å². The Morgan fingerprint density at radius 2 is 1.65 bits per heavy atom. The van der Waals surface area contributed by atoms with E-state index >= 15 is 0 Å². The molecule has 1 fully saturated rings. The normalized spacial score (nSPS) is 13.6. The van der Waals surface area contributed by atoms with Crippen LogP contribution in [0.15, 0.2) is 101 Å². The summed E-state index contributed by atoms with van der Waals surface area (Å²) < 4.78 is 15.9. The van der Waals surface area contributed by atoms with Crippen LogP contribution in [0.1, 0.15) is 59.0 Å². The fraction of sp³-hybridized carbons (Fsp3) is 0.171. The van der Waals surface area contributed by atoms with E-state index in [-0.39, 0.29) is 23.3 Å². The summed E-state index contributed by atoms with van der Waals surface area (Å²) in [5.74, 6) is -1.56. The lowest BCUT2D eigenvalue weighted by atomic mass is 9.98. The first-order chi connectivity index (χ1) is 20.7. The lowest BCUT2D eigenvalue weighted by Crippen LogP contribution is -2.35. The molecule has 1 heterocycles. The molecular weight excluding hydrogens is 561 g/mol. The van der Waals surface area contributed by atoms with E-state index in [0.717, 1.165) is 50.2 Å². The molecule has 5 aromatic rings. The molecule has 0 radical (unpaired) electrons. The monoisotopic (exact) mass is 589 g/mol. The van der Waals surface area contributed by atoms with Crippen LogP contribution < -0.4 is 5.32 Å². The third-order valence-electron chi connectivity index (χ3n) is 7.86. The van der Waals surface area contributed by atoms with E-state index in [4.69, 9.17) is 6.57 Å². The van der Waals surface area contributed by atoms with E-state index in [9.17, 15) is 19.1 Å². The highest BCUT2D eigenvalue weighted by Crippen LogP contribution is 2.47. The highest BCUT2D eigenvalue weighted by atomic mass is 32.2. The number of carbonyl (C=O) groups excluding carboxylic acids is 1. The first-order valence-electron chi connectivity index (χ1n) is 13.9. The Bertz CT molecular complexity index is 1900. The van der Waals surface area contributed by atoms with Crippen molar-refractivity contribution in [3.05, 3.63) is 125 Å². The summed E-state index contributed by atoms with van der Waals surface area (Å²) in [4.78, 5) is 31.0. The Kier molecular flexibility index (Phi) is 7.28. The SMILES string of the molecule is [C-]#[N+]c1ccc(Sc2cn(C(C)C)c3cc(-c4ccc(F)cc4)cc(C(=O)NC4(c5ccc(C(=O)O)cc5)CC4)c23)cc1. The molecule has 4 aromatic carbocycles. The number of rotatable bonds is 8. The predicted molar refractivity (Wildman–Crippen MR) is 166 cm³/mol. The number of benzene rings is 4. The number of carboxylic acids is 1. The second-order valence-corrected chi connectivity index (χ2v) is 12.2. The van der Waals surface area contributed by atoms with E-state index < -0.39 is 11.5 Å².